The summed E-state index contributed by atoms with van der Waals surface area (Å²) in [4.78, 5) is 32.7. The fraction of sp³-hybridized carbons (Fsp3) is 0.296. The summed E-state index contributed by atoms with van der Waals surface area (Å²) in [5, 5.41) is 0. The number of methoxy groups -OCH3 is 2. The van der Waals surface area contributed by atoms with Gasteiger partial charge in [0.25, 0.3) is 5.56 Å². The maximum absolute atomic E-state index is 14.0. The number of halogens is 3. The first-order chi connectivity index (χ1) is 18.2. The van der Waals surface area contributed by atoms with Crippen LogP contribution in [0.2, 0.25) is 0 Å². The summed E-state index contributed by atoms with van der Waals surface area (Å²) in [5.41, 5.74) is 2.15. The Bertz CT molecular complexity index is 1590. The molecule has 0 spiro atoms. The van der Waals surface area contributed by atoms with Crippen LogP contribution >= 0.6 is 59.1 Å². The van der Waals surface area contributed by atoms with Crippen LogP contribution in [0.1, 0.15) is 43.9 Å². The summed E-state index contributed by atoms with van der Waals surface area (Å²) in [6, 6.07) is 8.52. The van der Waals surface area contributed by atoms with Crippen molar-refractivity contribution in [3.63, 3.8) is 0 Å². The number of carbonyl (C=O) groups is 1. The number of aromatic nitrogens is 1. The van der Waals surface area contributed by atoms with Gasteiger partial charge >= 0.3 is 5.97 Å². The Morgan fingerprint density at radius 3 is 2.42 bits per heavy atom. The highest BCUT2D eigenvalue weighted by molar-refractivity contribution is 9.11. The van der Waals surface area contributed by atoms with Crippen molar-refractivity contribution in [1.82, 2.24) is 4.57 Å². The number of benzene rings is 2. The van der Waals surface area contributed by atoms with Gasteiger partial charge in [0.05, 0.1) is 45.6 Å². The predicted octanol–water partition coefficient (Wildman–Crippen LogP) is 5.88. The molecule has 38 heavy (non-hydrogen) atoms. The molecule has 0 aliphatic carbocycles. The summed E-state index contributed by atoms with van der Waals surface area (Å²) < 4.78 is 20.9. The molecular formula is C27H25Br3N2O5S. The van der Waals surface area contributed by atoms with Crippen LogP contribution in [0.4, 0.5) is 0 Å². The van der Waals surface area contributed by atoms with E-state index in [1.165, 1.54) is 11.3 Å². The lowest BCUT2D eigenvalue weighted by molar-refractivity contribution is -0.139. The molecule has 7 nitrogen and oxygen atoms in total. The van der Waals surface area contributed by atoms with E-state index in [4.69, 9.17) is 19.2 Å². The van der Waals surface area contributed by atoms with Gasteiger partial charge in [0.2, 0.25) is 0 Å². The standard InChI is InChI=1S/C27H25Br3N2O5S/c1-5-7-19-22(26(34)37-6-2)23(16-13-15(28)8-9-20(16)35-3)32-25(33)21(38-27(32)31-19)12-14-10-17(29)24(36-4)18(30)11-14/h8-13,23H,5-7H2,1-4H3/b21-12+/t23-/m0/s1. The summed E-state index contributed by atoms with van der Waals surface area (Å²) >= 11 is 11.9. The molecule has 4 rings (SSSR count). The van der Waals surface area contributed by atoms with Crippen molar-refractivity contribution in [2.24, 2.45) is 4.99 Å². The van der Waals surface area contributed by atoms with Gasteiger partial charge in [0.15, 0.2) is 4.80 Å². The number of rotatable bonds is 8. The van der Waals surface area contributed by atoms with E-state index in [0.29, 0.717) is 44.1 Å². The summed E-state index contributed by atoms with van der Waals surface area (Å²) in [7, 11) is 3.16. The van der Waals surface area contributed by atoms with Crippen molar-refractivity contribution < 1.29 is 19.0 Å². The maximum atomic E-state index is 14.0. The average Bonchev–Trinajstić information content (AvgIpc) is 3.17. The highest BCUT2D eigenvalue weighted by Crippen LogP contribution is 2.38. The lowest BCUT2D eigenvalue weighted by Gasteiger charge is -2.27. The highest BCUT2D eigenvalue weighted by Gasteiger charge is 2.36. The quantitative estimate of drug-likeness (QED) is 0.271. The first-order valence-electron chi connectivity index (χ1n) is 11.8. The van der Waals surface area contributed by atoms with Crippen molar-refractivity contribution >= 4 is 71.2 Å². The summed E-state index contributed by atoms with van der Waals surface area (Å²) in [5.74, 6) is 0.716. The van der Waals surface area contributed by atoms with E-state index < -0.39 is 12.0 Å². The first kappa shape index (κ1) is 28.8. The highest BCUT2D eigenvalue weighted by atomic mass is 79.9. The van der Waals surface area contributed by atoms with Gasteiger partial charge in [0.1, 0.15) is 17.5 Å². The molecule has 0 bridgehead atoms. The van der Waals surface area contributed by atoms with E-state index >= 15 is 0 Å². The second kappa shape index (κ2) is 12.3. The third kappa shape index (κ3) is 5.57. The molecule has 1 atom stereocenters. The van der Waals surface area contributed by atoms with Gasteiger partial charge in [-0.15, -0.1) is 0 Å². The van der Waals surface area contributed by atoms with Crippen LogP contribution in [0.25, 0.3) is 6.08 Å². The Labute approximate surface area is 249 Å². The van der Waals surface area contributed by atoms with E-state index in [2.05, 4.69) is 47.8 Å². The van der Waals surface area contributed by atoms with Gasteiger partial charge in [-0.2, -0.15) is 0 Å². The molecule has 0 saturated carbocycles. The molecule has 1 aromatic heterocycles. The van der Waals surface area contributed by atoms with Gasteiger partial charge in [-0.05, 0) is 87.2 Å². The van der Waals surface area contributed by atoms with E-state index in [-0.39, 0.29) is 12.2 Å². The summed E-state index contributed by atoms with van der Waals surface area (Å²) in [6.07, 6.45) is 3.14. The first-order valence-corrected chi connectivity index (χ1v) is 15.0. The fourth-order valence-electron chi connectivity index (χ4n) is 4.34. The van der Waals surface area contributed by atoms with Crippen LogP contribution in [-0.4, -0.2) is 31.4 Å². The Balaban J connectivity index is 2.04. The number of thiazole rings is 1. The Morgan fingerprint density at radius 1 is 1.11 bits per heavy atom. The topological polar surface area (TPSA) is 79.1 Å². The fourth-order valence-corrected chi connectivity index (χ4v) is 7.29. The minimum Gasteiger partial charge on any atom is -0.496 e. The van der Waals surface area contributed by atoms with Crippen LogP contribution < -0.4 is 24.4 Å². The molecule has 0 saturated heterocycles. The van der Waals surface area contributed by atoms with Gasteiger partial charge in [0, 0.05) is 10.0 Å². The van der Waals surface area contributed by atoms with Gasteiger partial charge in [-0.1, -0.05) is 40.6 Å². The van der Waals surface area contributed by atoms with Crippen LogP contribution in [0.3, 0.4) is 0 Å². The lowest BCUT2D eigenvalue weighted by atomic mass is 9.93. The smallest absolute Gasteiger partial charge is 0.338 e. The van der Waals surface area contributed by atoms with E-state index in [1.54, 1.807) is 25.7 Å². The number of hydrogen-bond donors (Lipinski definition) is 0. The minimum absolute atomic E-state index is 0.204. The Kier molecular flexibility index (Phi) is 9.33. The normalized spacial score (nSPS) is 15.2. The number of ether oxygens (including phenoxy) is 3. The SMILES string of the molecule is CCCC1=C(C(=O)OCC)[C@H](c2cc(Br)ccc2OC)n2c(s/c(=C/c3cc(Br)c(OC)c(Br)c3)c2=O)=N1. The van der Waals surface area contributed by atoms with Crippen molar-refractivity contribution in [2.45, 2.75) is 32.7 Å². The van der Waals surface area contributed by atoms with Crippen LogP contribution in [-0.2, 0) is 9.53 Å². The van der Waals surface area contributed by atoms with Crippen LogP contribution in [0.15, 0.2) is 64.8 Å². The van der Waals surface area contributed by atoms with Gasteiger partial charge in [-0.3, -0.25) is 9.36 Å². The van der Waals surface area contributed by atoms with Crippen molar-refractivity contribution in [1.29, 1.82) is 0 Å². The minimum atomic E-state index is -0.768. The van der Waals surface area contributed by atoms with Crippen molar-refractivity contribution in [3.05, 3.63) is 85.8 Å². The molecule has 0 fully saturated rings. The molecule has 11 heteroatoms. The molecule has 0 N–H and O–H groups in total. The number of esters is 1. The third-order valence-electron chi connectivity index (χ3n) is 5.90. The van der Waals surface area contributed by atoms with E-state index in [9.17, 15) is 9.59 Å². The number of fused-ring (bicyclic) bond motifs is 1. The molecule has 3 aromatic rings. The van der Waals surface area contributed by atoms with E-state index in [1.807, 2.05) is 43.3 Å². The zero-order chi connectivity index (χ0) is 27.6. The average molecular weight is 729 g/mol. The van der Waals surface area contributed by atoms with Crippen LogP contribution in [0.5, 0.6) is 11.5 Å². The number of carbonyl (C=O) groups excluding carboxylic acids is 1. The van der Waals surface area contributed by atoms with Gasteiger partial charge < -0.3 is 14.2 Å². The molecule has 2 heterocycles. The zero-order valence-corrected chi connectivity index (χ0v) is 26.7. The molecule has 0 unspecified atom stereocenters. The second-order valence-corrected chi connectivity index (χ2v) is 12.0. The molecular weight excluding hydrogens is 704 g/mol. The Hall–Kier alpha value is -2.21. The molecule has 0 amide bonds. The van der Waals surface area contributed by atoms with Crippen molar-refractivity contribution in [2.75, 3.05) is 20.8 Å². The lowest BCUT2D eigenvalue weighted by Crippen LogP contribution is -2.40. The number of nitrogens with zero attached hydrogens (tertiary/aromatic N) is 2. The van der Waals surface area contributed by atoms with Gasteiger partial charge in [-0.25, -0.2) is 9.79 Å². The number of hydrogen-bond acceptors (Lipinski definition) is 7. The van der Waals surface area contributed by atoms with Crippen molar-refractivity contribution in [3.8, 4) is 11.5 Å². The summed E-state index contributed by atoms with van der Waals surface area (Å²) in [6.45, 7) is 3.98. The molecule has 1 aliphatic rings. The zero-order valence-electron chi connectivity index (χ0n) is 21.1. The maximum Gasteiger partial charge on any atom is 0.338 e. The Morgan fingerprint density at radius 2 is 1.82 bits per heavy atom. The van der Waals surface area contributed by atoms with E-state index in [0.717, 1.165) is 25.4 Å². The molecule has 200 valence electrons. The molecule has 1 aliphatic heterocycles. The third-order valence-corrected chi connectivity index (χ3v) is 8.56. The largest absolute Gasteiger partial charge is 0.496 e. The van der Waals surface area contributed by atoms with Crippen LogP contribution in [0, 0.1) is 0 Å². The monoisotopic (exact) mass is 726 g/mol. The second-order valence-electron chi connectivity index (χ2n) is 8.32. The number of allylic oxidation sites excluding steroid dienone is 1. The molecule has 2 aromatic carbocycles. The predicted molar refractivity (Wildman–Crippen MR) is 159 cm³/mol. The molecule has 0 radical (unpaired) electrons.